The number of nitrogens with one attached hydrogen (secondary N) is 1. The molecule has 0 aliphatic carbocycles. The Morgan fingerprint density at radius 1 is 1.26 bits per heavy atom. The molecule has 3 aromatic rings. The Morgan fingerprint density at radius 3 is 2.85 bits per heavy atom. The lowest BCUT2D eigenvalue weighted by Crippen LogP contribution is -2.37. The van der Waals surface area contributed by atoms with Gasteiger partial charge in [-0.05, 0) is 47.9 Å². The second kappa shape index (κ2) is 11.1. The molecule has 3 N–H and O–H groups in total. The van der Waals surface area contributed by atoms with Crippen LogP contribution in [0.25, 0.3) is 17.0 Å². The van der Waals surface area contributed by atoms with E-state index in [-0.39, 0.29) is 41.5 Å². The van der Waals surface area contributed by atoms with Gasteiger partial charge in [-0.2, -0.15) is 18.3 Å². The quantitative estimate of drug-likeness (QED) is 0.394. The zero-order valence-electron chi connectivity index (χ0n) is 20.5. The van der Waals surface area contributed by atoms with E-state index >= 15 is 0 Å². The molecule has 0 bridgehead atoms. The van der Waals surface area contributed by atoms with Crippen molar-refractivity contribution in [2.24, 2.45) is 10.7 Å². The number of aliphatic imine (C=N–C) groups is 1. The number of amides is 2. The van der Waals surface area contributed by atoms with Crippen molar-refractivity contribution in [1.82, 2.24) is 20.0 Å². The van der Waals surface area contributed by atoms with Gasteiger partial charge < -0.3 is 11.1 Å². The van der Waals surface area contributed by atoms with Crippen LogP contribution in [0.5, 0.6) is 0 Å². The van der Waals surface area contributed by atoms with Crippen molar-refractivity contribution in [3.8, 4) is 0 Å². The Morgan fingerprint density at radius 2 is 2.08 bits per heavy atom. The molecule has 1 saturated heterocycles. The van der Waals surface area contributed by atoms with Crippen LogP contribution in [0, 0.1) is 0 Å². The molecule has 0 saturated carbocycles. The Bertz CT molecular complexity index is 1500. The first-order chi connectivity index (χ1) is 18.5. The fraction of sp³-hybridized carbons (Fsp3) is 0.308. The zero-order valence-corrected chi connectivity index (χ0v) is 22.1. The largest absolute Gasteiger partial charge is 0.416 e. The Hall–Kier alpha value is -3.19. The molecule has 13 heteroatoms. The highest BCUT2D eigenvalue weighted by Crippen LogP contribution is 2.35. The van der Waals surface area contributed by atoms with Gasteiger partial charge in [0.1, 0.15) is 0 Å². The number of rotatable bonds is 8. The fourth-order valence-corrected chi connectivity index (χ4v) is 5.75. The van der Waals surface area contributed by atoms with E-state index in [0.29, 0.717) is 28.6 Å². The molecule has 2 aliphatic heterocycles. The highest BCUT2D eigenvalue weighted by Gasteiger charge is 2.33. The minimum absolute atomic E-state index is 0.0155. The van der Waals surface area contributed by atoms with Crippen molar-refractivity contribution in [3.63, 3.8) is 0 Å². The van der Waals surface area contributed by atoms with Crippen LogP contribution in [0.2, 0.25) is 5.02 Å². The third kappa shape index (κ3) is 6.52. The number of likely N-dealkylation sites (tertiary alicyclic amines) is 1. The second-order valence-corrected chi connectivity index (χ2v) is 11.0. The van der Waals surface area contributed by atoms with E-state index in [9.17, 15) is 22.8 Å². The van der Waals surface area contributed by atoms with Crippen molar-refractivity contribution in [3.05, 3.63) is 69.2 Å². The molecule has 3 heterocycles. The summed E-state index contributed by atoms with van der Waals surface area (Å²) in [6.07, 6.45) is -0.331. The smallest absolute Gasteiger partial charge is 0.369 e. The first-order valence-corrected chi connectivity index (χ1v) is 13.3. The lowest BCUT2D eigenvalue weighted by Gasteiger charge is -2.14. The molecule has 0 unspecified atom stereocenters. The Kier molecular flexibility index (Phi) is 7.81. The van der Waals surface area contributed by atoms with E-state index < -0.39 is 11.7 Å². The molecule has 2 aliphatic rings. The highest BCUT2D eigenvalue weighted by molar-refractivity contribution is 8.18. The standard InChI is InChI=1S/C26H24ClF3N6O2S/c27-18-3-2-16(20(9-18)26(28,29)30)12-36-21-4-1-15(7-17(21)10-33-36)8-22-25(38)34-24(39-22)11-32-19-5-6-35(13-19)14-23(31)37/h1-4,7-10,19,32H,5-6,11-14H2,(H2,31,37)/b22-8-/t19-/m1/s1. The monoisotopic (exact) mass is 576 g/mol. The average Bonchev–Trinajstić information content (AvgIpc) is 3.57. The van der Waals surface area contributed by atoms with Gasteiger partial charge in [0.05, 0.1) is 40.3 Å². The Balaban J connectivity index is 1.24. The van der Waals surface area contributed by atoms with Crippen LogP contribution in [-0.2, 0) is 22.3 Å². The first kappa shape index (κ1) is 27.4. The van der Waals surface area contributed by atoms with Crippen LogP contribution in [0.1, 0.15) is 23.1 Å². The lowest BCUT2D eigenvalue weighted by atomic mass is 10.1. The summed E-state index contributed by atoms with van der Waals surface area (Å²) in [5.74, 6) is -0.675. The zero-order chi connectivity index (χ0) is 27.7. The van der Waals surface area contributed by atoms with Gasteiger partial charge in [-0.3, -0.25) is 19.2 Å². The molecule has 204 valence electrons. The topological polar surface area (TPSA) is 106 Å². The molecule has 39 heavy (non-hydrogen) atoms. The molecular formula is C26H24ClF3N6O2S. The number of halogens is 4. The number of hydrogen-bond donors (Lipinski definition) is 2. The van der Waals surface area contributed by atoms with Crippen molar-refractivity contribution in [1.29, 1.82) is 0 Å². The number of hydrogen-bond acceptors (Lipinski definition) is 6. The SMILES string of the molecule is NC(=O)CN1CC[C@@H](NCC2=NC(=O)/C(=C/c3ccc4c(cnn4Cc4ccc(Cl)cc4C(F)(F)F)c3)S2)C1. The number of thioether (sulfide) groups is 1. The Labute approximate surface area is 231 Å². The second-order valence-electron chi connectivity index (χ2n) is 9.41. The van der Waals surface area contributed by atoms with Crippen molar-refractivity contribution >= 4 is 57.2 Å². The molecule has 0 radical (unpaired) electrons. The van der Waals surface area contributed by atoms with Gasteiger partial charge in [-0.25, -0.2) is 4.99 Å². The summed E-state index contributed by atoms with van der Waals surface area (Å²) in [6, 6.07) is 9.28. The van der Waals surface area contributed by atoms with Crippen LogP contribution in [0.15, 0.2) is 52.5 Å². The van der Waals surface area contributed by atoms with Crippen LogP contribution in [0.3, 0.4) is 0 Å². The van der Waals surface area contributed by atoms with E-state index in [0.717, 1.165) is 30.0 Å². The molecule has 1 atom stereocenters. The van der Waals surface area contributed by atoms with E-state index in [1.807, 2.05) is 11.0 Å². The van der Waals surface area contributed by atoms with Gasteiger partial charge >= 0.3 is 6.18 Å². The fourth-order valence-electron chi connectivity index (χ4n) is 4.71. The maximum atomic E-state index is 13.5. The van der Waals surface area contributed by atoms with Crippen molar-refractivity contribution in [2.45, 2.75) is 25.2 Å². The predicted molar refractivity (Wildman–Crippen MR) is 145 cm³/mol. The normalized spacial score (nSPS) is 19.4. The number of alkyl halides is 3. The van der Waals surface area contributed by atoms with E-state index in [4.69, 9.17) is 17.3 Å². The van der Waals surface area contributed by atoms with Gasteiger partial charge in [-0.15, -0.1) is 0 Å². The van der Waals surface area contributed by atoms with Crippen molar-refractivity contribution < 1.29 is 22.8 Å². The first-order valence-electron chi connectivity index (χ1n) is 12.1. The summed E-state index contributed by atoms with van der Waals surface area (Å²) in [4.78, 5) is 30.2. The molecule has 2 amide bonds. The van der Waals surface area contributed by atoms with Gasteiger partial charge in [0.25, 0.3) is 5.91 Å². The third-order valence-electron chi connectivity index (χ3n) is 6.52. The summed E-state index contributed by atoms with van der Waals surface area (Å²) in [5.41, 5.74) is 5.94. The number of nitrogens with two attached hydrogens (primary N) is 1. The van der Waals surface area contributed by atoms with Crippen LogP contribution >= 0.6 is 23.4 Å². The molecule has 0 spiro atoms. The maximum absolute atomic E-state index is 13.5. The molecule has 2 aromatic carbocycles. The average molecular weight is 577 g/mol. The van der Waals surface area contributed by atoms with Crippen LogP contribution in [-0.4, -0.2) is 63.8 Å². The summed E-state index contributed by atoms with van der Waals surface area (Å²) >= 11 is 7.09. The van der Waals surface area contributed by atoms with Gasteiger partial charge in [-0.1, -0.05) is 35.5 Å². The van der Waals surface area contributed by atoms with Crippen molar-refractivity contribution in [2.75, 3.05) is 26.2 Å². The van der Waals surface area contributed by atoms with Gasteiger partial charge in [0.2, 0.25) is 5.91 Å². The minimum Gasteiger partial charge on any atom is -0.369 e. The summed E-state index contributed by atoms with van der Waals surface area (Å²) in [5, 5.41) is 9.07. The number of fused-ring (bicyclic) bond motifs is 1. The minimum atomic E-state index is -4.53. The molecule has 5 rings (SSSR count). The molecular weight excluding hydrogens is 553 g/mol. The maximum Gasteiger partial charge on any atom is 0.416 e. The number of aromatic nitrogens is 2. The summed E-state index contributed by atoms with van der Waals surface area (Å²) in [7, 11) is 0. The number of nitrogens with zero attached hydrogens (tertiary/aromatic N) is 4. The van der Waals surface area contributed by atoms with E-state index in [1.54, 1.807) is 24.4 Å². The number of primary amides is 1. The van der Waals surface area contributed by atoms with Crippen LogP contribution < -0.4 is 11.1 Å². The van der Waals surface area contributed by atoms with E-state index in [1.165, 1.54) is 28.6 Å². The summed E-state index contributed by atoms with van der Waals surface area (Å²) < 4.78 is 42.0. The van der Waals surface area contributed by atoms with Gasteiger partial charge in [0.15, 0.2) is 0 Å². The summed E-state index contributed by atoms with van der Waals surface area (Å²) in [6.45, 7) is 2.10. The lowest BCUT2D eigenvalue weighted by molar-refractivity contribution is -0.138. The number of benzene rings is 2. The molecule has 8 nitrogen and oxygen atoms in total. The molecule has 1 aromatic heterocycles. The van der Waals surface area contributed by atoms with E-state index in [2.05, 4.69) is 15.4 Å². The predicted octanol–water partition coefficient (Wildman–Crippen LogP) is 3.92. The molecule has 1 fully saturated rings. The number of carbonyl (C=O) groups is 2. The highest BCUT2D eigenvalue weighted by atomic mass is 35.5. The third-order valence-corrected chi connectivity index (χ3v) is 7.74. The number of carbonyl (C=O) groups excluding carboxylic acids is 2. The van der Waals surface area contributed by atoms with Crippen LogP contribution in [0.4, 0.5) is 13.2 Å². The van der Waals surface area contributed by atoms with Gasteiger partial charge in [0, 0.05) is 36.1 Å².